The van der Waals surface area contributed by atoms with E-state index in [0.717, 1.165) is 36.8 Å². The van der Waals surface area contributed by atoms with Crippen molar-refractivity contribution in [1.82, 2.24) is 0 Å². The molecule has 180 valence electrons. The molecule has 0 N–H and O–H groups in total. The van der Waals surface area contributed by atoms with Gasteiger partial charge in [0.25, 0.3) is 0 Å². The molecule has 0 atom stereocenters. The second-order valence-electron chi connectivity index (χ2n) is 8.23. The van der Waals surface area contributed by atoms with Crippen LogP contribution in [0.15, 0.2) is 48.5 Å². The standard InChI is InChI=1S/2C14H21O.Fe/c2*1-2-3-4-5-6-7-12-14(15)13-10-8-9-11-13;/h2*8-11H,2-7,12H2,1H3;/q-5;-1;. The first-order chi connectivity index (χ1) is 14.7. The van der Waals surface area contributed by atoms with Gasteiger partial charge in [-0.05, 0) is 12.8 Å². The predicted molar refractivity (Wildman–Crippen MR) is 129 cm³/mol. The third-order valence-corrected chi connectivity index (χ3v) is 5.48. The van der Waals surface area contributed by atoms with Gasteiger partial charge in [-0.15, -0.1) is 6.42 Å². The van der Waals surface area contributed by atoms with Gasteiger partial charge in [0.1, 0.15) is 5.78 Å². The van der Waals surface area contributed by atoms with Crippen molar-refractivity contribution in [3.05, 3.63) is 59.7 Å². The molecule has 2 rings (SSSR count). The SMILES string of the molecule is CCCCCCCCC(=O)[c-]1[cH-][cH-][cH-][cH-]1.CCCCCCCCC(=O)[c-]1cccc1.[Fe]. The Morgan fingerprint density at radius 3 is 1.55 bits per heavy atom. The first-order valence-electron chi connectivity index (χ1n) is 12.2. The molecule has 2 nitrogen and oxygen atoms in total. The molecule has 0 heterocycles. The van der Waals surface area contributed by atoms with Crippen LogP contribution in [0.1, 0.15) is 124 Å². The summed E-state index contributed by atoms with van der Waals surface area (Å²) >= 11 is 0. The van der Waals surface area contributed by atoms with E-state index in [4.69, 9.17) is 0 Å². The maximum atomic E-state index is 11.6. The molecule has 0 aliphatic heterocycles. The Hall–Kier alpha value is -1.44. The fourth-order valence-corrected chi connectivity index (χ4v) is 3.54. The van der Waals surface area contributed by atoms with E-state index in [2.05, 4.69) is 13.8 Å². The molecular weight excluding hydrogens is 424 g/mol. The summed E-state index contributed by atoms with van der Waals surface area (Å²) in [5, 5.41) is 0. The maximum Gasteiger partial charge on any atom is 0.108 e. The minimum absolute atomic E-state index is 0. The van der Waals surface area contributed by atoms with E-state index in [0.29, 0.717) is 11.6 Å². The molecule has 3 heteroatoms. The Bertz CT molecular complexity index is 582. The van der Waals surface area contributed by atoms with Gasteiger partial charge in [-0.1, -0.05) is 90.0 Å². The third-order valence-electron chi connectivity index (χ3n) is 5.48. The zero-order valence-electron chi connectivity index (χ0n) is 19.7. The first-order valence-corrected chi connectivity index (χ1v) is 12.2. The number of rotatable bonds is 16. The first kappa shape index (κ1) is 29.6. The monoisotopic (exact) mass is 466 g/mol. The molecule has 0 fully saturated rings. The topological polar surface area (TPSA) is 34.1 Å². The summed E-state index contributed by atoms with van der Waals surface area (Å²) in [5.41, 5.74) is 1.76. The molecule has 0 saturated heterocycles. The number of unbranched alkanes of at least 4 members (excludes halogenated alkanes) is 10. The quantitative estimate of drug-likeness (QED) is 0.107. The van der Waals surface area contributed by atoms with Gasteiger partial charge < -0.3 is 39.4 Å². The average molecular weight is 466 g/mol. The fraction of sp³-hybridized carbons (Fsp3) is 0.571. The molecule has 2 aromatic rings. The van der Waals surface area contributed by atoms with Gasteiger partial charge in [0, 0.05) is 17.1 Å². The van der Waals surface area contributed by atoms with Crippen molar-refractivity contribution >= 4 is 11.6 Å². The Balaban J connectivity index is 0.000000562. The molecule has 0 aliphatic rings. The van der Waals surface area contributed by atoms with Gasteiger partial charge in [0.15, 0.2) is 0 Å². The summed E-state index contributed by atoms with van der Waals surface area (Å²) in [4.78, 5) is 23.2. The van der Waals surface area contributed by atoms with E-state index in [1.165, 1.54) is 64.2 Å². The van der Waals surface area contributed by atoms with E-state index < -0.39 is 0 Å². The summed E-state index contributed by atoms with van der Waals surface area (Å²) in [7, 11) is 0. The van der Waals surface area contributed by atoms with Gasteiger partial charge in [-0.2, -0.15) is 12.1 Å². The van der Waals surface area contributed by atoms with Gasteiger partial charge >= 0.3 is 0 Å². The zero-order valence-corrected chi connectivity index (χ0v) is 20.8. The van der Waals surface area contributed by atoms with E-state index >= 15 is 0 Å². The van der Waals surface area contributed by atoms with Gasteiger partial charge in [-0.25, -0.2) is 12.1 Å². The Morgan fingerprint density at radius 2 is 1.06 bits per heavy atom. The van der Waals surface area contributed by atoms with Crippen LogP contribution in [0.2, 0.25) is 0 Å². The number of carbonyl (C=O) groups is 2. The zero-order chi connectivity index (χ0) is 21.9. The van der Waals surface area contributed by atoms with Crippen molar-refractivity contribution in [3.8, 4) is 0 Å². The largest absolute Gasteiger partial charge is 0.718 e. The number of Topliss-reactive ketones (excluding diaryl/α,β-unsaturated/α-hetero) is 2. The van der Waals surface area contributed by atoms with E-state index in [9.17, 15) is 9.59 Å². The van der Waals surface area contributed by atoms with Crippen LogP contribution in [0.4, 0.5) is 0 Å². The van der Waals surface area contributed by atoms with Gasteiger partial charge in [0.05, 0.1) is 0 Å². The van der Waals surface area contributed by atoms with E-state index in [1.54, 1.807) is 0 Å². The summed E-state index contributed by atoms with van der Waals surface area (Å²) in [6, 6.07) is 15.3. The molecule has 31 heavy (non-hydrogen) atoms. The number of hydrogen-bond donors (Lipinski definition) is 0. The number of ketones is 2. The summed E-state index contributed by atoms with van der Waals surface area (Å²) < 4.78 is 0. The fourth-order valence-electron chi connectivity index (χ4n) is 3.54. The van der Waals surface area contributed by atoms with Gasteiger partial charge in [0.2, 0.25) is 0 Å². The van der Waals surface area contributed by atoms with Crippen LogP contribution in [-0.4, -0.2) is 11.6 Å². The van der Waals surface area contributed by atoms with Crippen molar-refractivity contribution in [1.29, 1.82) is 0 Å². The average Bonchev–Trinajstić information content (AvgIpc) is 3.47. The van der Waals surface area contributed by atoms with Crippen molar-refractivity contribution in [2.24, 2.45) is 0 Å². The second-order valence-corrected chi connectivity index (χ2v) is 8.23. The predicted octanol–water partition coefficient (Wildman–Crippen LogP) is 8.68. The van der Waals surface area contributed by atoms with Crippen molar-refractivity contribution in [2.75, 3.05) is 0 Å². The smallest absolute Gasteiger partial charge is 0.108 e. The van der Waals surface area contributed by atoms with E-state index in [-0.39, 0.29) is 17.1 Å². The normalized spacial score (nSPS) is 10.1. The summed E-state index contributed by atoms with van der Waals surface area (Å²) in [5.74, 6) is 0.603. The van der Waals surface area contributed by atoms with Crippen molar-refractivity contribution in [2.45, 2.75) is 104 Å². The van der Waals surface area contributed by atoms with Crippen LogP contribution in [0.5, 0.6) is 0 Å². The van der Waals surface area contributed by atoms with Crippen molar-refractivity contribution < 1.29 is 26.7 Å². The van der Waals surface area contributed by atoms with Crippen LogP contribution < -0.4 is 0 Å². The number of carbonyl (C=O) groups excluding carboxylic acids is 2. The molecule has 0 aromatic heterocycles. The number of hydrogen-bond acceptors (Lipinski definition) is 2. The molecular formula is C28H42FeO2-6. The molecule has 0 amide bonds. The summed E-state index contributed by atoms with van der Waals surface area (Å²) in [6.45, 7) is 4.44. The molecule has 0 bridgehead atoms. The van der Waals surface area contributed by atoms with Crippen LogP contribution >= 0.6 is 0 Å². The minimum atomic E-state index is 0. The third kappa shape index (κ3) is 15.1. The minimum Gasteiger partial charge on any atom is -0.718 e. The van der Waals surface area contributed by atoms with Crippen LogP contribution in [-0.2, 0) is 17.1 Å². The second kappa shape index (κ2) is 20.5. The molecule has 0 aliphatic carbocycles. The molecule has 0 radical (unpaired) electrons. The molecule has 0 spiro atoms. The summed E-state index contributed by atoms with van der Waals surface area (Å²) in [6.07, 6.45) is 16.4. The van der Waals surface area contributed by atoms with Crippen LogP contribution in [0.25, 0.3) is 0 Å². The van der Waals surface area contributed by atoms with Gasteiger partial charge in [-0.3, -0.25) is 5.78 Å². The van der Waals surface area contributed by atoms with E-state index in [1.807, 2.05) is 48.5 Å². The van der Waals surface area contributed by atoms with Crippen LogP contribution in [0.3, 0.4) is 0 Å². The molecule has 0 saturated carbocycles. The Labute approximate surface area is 201 Å². The van der Waals surface area contributed by atoms with Crippen LogP contribution in [0, 0.1) is 0 Å². The maximum absolute atomic E-state index is 11.6. The molecule has 0 unspecified atom stereocenters. The Kier molecular flexibility index (Phi) is 19.5. The van der Waals surface area contributed by atoms with Crippen molar-refractivity contribution in [3.63, 3.8) is 0 Å². The molecule has 2 aromatic carbocycles. The Morgan fingerprint density at radius 1 is 0.645 bits per heavy atom.